The van der Waals surface area contributed by atoms with E-state index in [-0.39, 0.29) is 0 Å². The summed E-state index contributed by atoms with van der Waals surface area (Å²) in [5.74, 6) is 1.27. The van der Waals surface area contributed by atoms with Crippen molar-refractivity contribution in [1.29, 1.82) is 0 Å². The lowest BCUT2D eigenvalue weighted by atomic mass is 10.1. The van der Waals surface area contributed by atoms with Gasteiger partial charge in [-0.25, -0.2) is 4.68 Å². The number of hydrogen-bond acceptors (Lipinski definition) is 3. The Morgan fingerprint density at radius 2 is 2.17 bits per heavy atom. The molecule has 1 aromatic heterocycles. The Labute approximate surface area is 111 Å². The molecule has 96 valence electrons. The predicted octanol–water partition coefficient (Wildman–Crippen LogP) is 3.32. The summed E-state index contributed by atoms with van der Waals surface area (Å²) in [6.07, 6.45) is 0.857. The Bertz CT molecular complexity index is 578. The fourth-order valence-corrected chi connectivity index (χ4v) is 2.02. The molecule has 0 radical (unpaired) electrons. The number of aromatic nitrogens is 2. The molecule has 2 N–H and O–H groups in total. The van der Waals surface area contributed by atoms with E-state index in [0.29, 0.717) is 17.3 Å². The van der Waals surface area contributed by atoms with Gasteiger partial charge in [-0.1, -0.05) is 18.5 Å². The largest absolute Gasteiger partial charge is 0.437 e. The van der Waals surface area contributed by atoms with E-state index in [0.717, 1.165) is 22.7 Å². The van der Waals surface area contributed by atoms with Crippen molar-refractivity contribution in [2.75, 3.05) is 5.73 Å². The Balaban J connectivity index is 2.34. The van der Waals surface area contributed by atoms with Gasteiger partial charge in [0, 0.05) is 12.1 Å². The standard InChI is InChI=1S/C13H16ClN3O/c1-4-9-7-10(5-6-11(9)14)18-13-12(15)8(2)16-17(13)3/h5-7H,4,15H2,1-3H3. The summed E-state index contributed by atoms with van der Waals surface area (Å²) in [7, 11) is 1.80. The van der Waals surface area contributed by atoms with Crippen molar-refractivity contribution >= 4 is 17.3 Å². The molecule has 2 aromatic rings. The van der Waals surface area contributed by atoms with Crippen molar-refractivity contribution in [1.82, 2.24) is 9.78 Å². The fraction of sp³-hybridized carbons (Fsp3) is 0.308. The van der Waals surface area contributed by atoms with E-state index in [9.17, 15) is 0 Å². The molecule has 0 unspecified atom stereocenters. The molecule has 0 fully saturated rings. The molecule has 1 heterocycles. The van der Waals surface area contributed by atoms with Crippen LogP contribution in [0.4, 0.5) is 5.69 Å². The van der Waals surface area contributed by atoms with Gasteiger partial charge in [0.2, 0.25) is 5.88 Å². The minimum absolute atomic E-state index is 0.553. The molecule has 5 heteroatoms. The molecule has 0 aliphatic carbocycles. The lowest BCUT2D eigenvalue weighted by Crippen LogP contribution is -1.97. The van der Waals surface area contributed by atoms with Crippen molar-refractivity contribution in [2.24, 2.45) is 7.05 Å². The van der Waals surface area contributed by atoms with Crippen molar-refractivity contribution in [2.45, 2.75) is 20.3 Å². The summed E-state index contributed by atoms with van der Waals surface area (Å²) in [6, 6.07) is 5.57. The number of rotatable bonds is 3. The van der Waals surface area contributed by atoms with E-state index >= 15 is 0 Å². The molecule has 0 aliphatic heterocycles. The first-order chi connectivity index (χ1) is 8.52. The van der Waals surface area contributed by atoms with Crippen LogP contribution >= 0.6 is 11.6 Å². The molecule has 0 bridgehead atoms. The number of halogens is 1. The topological polar surface area (TPSA) is 53.1 Å². The van der Waals surface area contributed by atoms with Gasteiger partial charge in [-0.15, -0.1) is 0 Å². The number of nitrogen functional groups attached to an aromatic ring is 1. The van der Waals surface area contributed by atoms with Crippen molar-refractivity contribution in [3.63, 3.8) is 0 Å². The van der Waals surface area contributed by atoms with Crippen LogP contribution in [0.2, 0.25) is 5.02 Å². The third kappa shape index (κ3) is 2.29. The lowest BCUT2D eigenvalue weighted by molar-refractivity contribution is 0.432. The zero-order valence-corrected chi connectivity index (χ0v) is 11.5. The Hall–Kier alpha value is -1.68. The molecular weight excluding hydrogens is 250 g/mol. The van der Waals surface area contributed by atoms with Crippen LogP contribution in [0.15, 0.2) is 18.2 Å². The second-order valence-corrected chi connectivity index (χ2v) is 4.54. The van der Waals surface area contributed by atoms with Gasteiger partial charge < -0.3 is 10.5 Å². The summed E-state index contributed by atoms with van der Waals surface area (Å²) in [5, 5.41) is 4.96. The Morgan fingerprint density at radius 3 is 2.72 bits per heavy atom. The average molecular weight is 266 g/mol. The molecular formula is C13H16ClN3O. The van der Waals surface area contributed by atoms with Crippen LogP contribution in [0, 0.1) is 6.92 Å². The van der Waals surface area contributed by atoms with Crippen LogP contribution in [-0.2, 0) is 13.5 Å². The van der Waals surface area contributed by atoms with Gasteiger partial charge >= 0.3 is 0 Å². The number of anilines is 1. The van der Waals surface area contributed by atoms with Crippen LogP contribution in [0.25, 0.3) is 0 Å². The van der Waals surface area contributed by atoms with Gasteiger partial charge in [-0.2, -0.15) is 5.10 Å². The third-order valence-electron chi connectivity index (χ3n) is 2.83. The summed E-state index contributed by atoms with van der Waals surface area (Å²) >= 11 is 6.07. The molecule has 0 atom stereocenters. The van der Waals surface area contributed by atoms with E-state index in [1.165, 1.54) is 0 Å². The van der Waals surface area contributed by atoms with Gasteiger partial charge in [0.1, 0.15) is 11.4 Å². The van der Waals surface area contributed by atoms with E-state index in [1.54, 1.807) is 11.7 Å². The molecule has 0 saturated heterocycles. The molecule has 0 spiro atoms. The molecule has 18 heavy (non-hydrogen) atoms. The fourth-order valence-electron chi connectivity index (χ4n) is 1.77. The number of nitrogens with zero attached hydrogens (tertiary/aromatic N) is 2. The van der Waals surface area contributed by atoms with Crippen LogP contribution < -0.4 is 10.5 Å². The maximum atomic E-state index is 6.07. The van der Waals surface area contributed by atoms with Crippen LogP contribution in [0.5, 0.6) is 11.6 Å². The molecule has 4 nitrogen and oxygen atoms in total. The SMILES string of the molecule is CCc1cc(Oc2c(N)c(C)nn2C)ccc1Cl. The summed E-state index contributed by atoms with van der Waals surface area (Å²) in [4.78, 5) is 0. The minimum Gasteiger partial charge on any atom is -0.437 e. The maximum Gasteiger partial charge on any atom is 0.241 e. The quantitative estimate of drug-likeness (QED) is 0.926. The maximum absolute atomic E-state index is 6.07. The number of ether oxygens (including phenoxy) is 1. The summed E-state index contributed by atoms with van der Waals surface area (Å²) in [5.41, 5.74) is 8.29. The Morgan fingerprint density at radius 1 is 1.44 bits per heavy atom. The first kappa shape index (κ1) is 12.8. The number of hydrogen-bond donors (Lipinski definition) is 1. The smallest absolute Gasteiger partial charge is 0.241 e. The van der Waals surface area contributed by atoms with Gasteiger partial charge in [0.25, 0.3) is 0 Å². The Kier molecular flexibility index (Phi) is 3.48. The summed E-state index contributed by atoms with van der Waals surface area (Å²) in [6.45, 7) is 3.90. The third-order valence-corrected chi connectivity index (χ3v) is 3.20. The highest BCUT2D eigenvalue weighted by Crippen LogP contribution is 2.31. The van der Waals surface area contributed by atoms with Crippen LogP contribution in [0.1, 0.15) is 18.2 Å². The second kappa shape index (κ2) is 4.90. The van der Waals surface area contributed by atoms with Gasteiger partial charge in [0.05, 0.1) is 5.69 Å². The number of aryl methyl sites for hydroxylation is 3. The normalized spacial score (nSPS) is 10.7. The monoisotopic (exact) mass is 265 g/mol. The zero-order valence-electron chi connectivity index (χ0n) is 10.7. The van der Waals surface area contributed by atoms with Crippen LogP contribution in [-0.4, -0.2) is 9.78 Å². The first-order valence-electron chi connectivity index (χ1n) is 5.78. The molecule has 1 aromatic carbocycles. The number of nitrogens with two attached hydrogens (primary N) is 1. The molecule has 2 rings (SSSR count). The van der Waals surface area contributed by atoms with Gasteiger partial charge in [-0.3, -0.25) is 0 Å². The van der Waals surface area contributed by atoms with Crippen molar-refractivity contribution in [3.8, 4) is 11.6 Å². The number of benzene rings is 1. The highest BCUT2D eigenvalue weighted by atomic mass is 35.5. The van der Waals surface area contributed by atoms with Crippen molar-refractivity contribution in [3.05, 3.63) is 34.5 Å². The lowest BCUT2D eigenvalue weighted by Gasteiger charge is -2.09. The molecule has 0 aliphatic rings. The van der Waals surface area contributed by atoms with Crippen LogP contribution in [0.3, 0.4) is 0 Å². The molecule has 0 amide bonds. The second-order valence-electron chi connectivity index (χ2n) is 4.14. The van der Waals surface area contributed by atoms with E-state index in [2.05, 4.69) is 5.10 Å². The first-order valence-corrected chi connectivity index (χ1v) is 6.16. The molecule has 0 saturated carbocycles. The van der Waals surface area contributed by atoms with E-state index in [1.807, 2.05) is 32.0 Å². The van der Waals surface area contributed by atoms with Crippen molar-refractivity contribution < 1.29 is 4.74 Å². The highest BCUT2D eigenvalue weighted by Gasteiger charge is 2.12. The zero-order chi connectivity index (χ0) is 13.3. The van der Waals surface area contributed by atoms with Gasteiger partial charge in [-0.05, 0) is 37.1 Å². The van der Waals surface area contributed by atoms with E-state index < -0.39 is 0 Å². The minimum atomic E-state index is 0.553. The summed E-state index contributed by atoms with van der Waals surface area (Å²) < 4.78 is 7.40. The van der Waals surface area contributed by atoms with Gasteiger partial charge in [0.15, 0.2) is 0 Å². The van der Waals surface area contributed by atoms with E-state index in [4.69, 9.17) is 22.1 Å². The highest BCUT2D eigenvalue weighted by molar-refractivity contribution is 6.31. The predicted molar refractivity (Wildman–Crippen MR) is 73.3 cm³/mol. The average Bonchev–Trinajstić information content (AvgIpc) is 2.58.